The molecule has 0 aliphatic carbocycles. The number of benzene rings is 8. The number of hydrogen-bond acceptors (Lipinski definition) is 2. The minimum atomic E-state index is -1.17. The summed E-state index contributed by atoms with van der Waals surface area (Å²) in [4.78, 5) is 0. The van der Waals surface area contributed by atoms with Crippen molar-refractivity contribution in [1.82, 2.24) is 0 Å². The molecule has 4 heteroatoms. The number of hydrogen-bond donors (Lipinski definition) is 0. The van der Waals surface area contributed by atoms with E-state index < -0.39 is 16.3 Å². The summed E-state index contributed by atoms with van der Waals surface area (Å²) in [7, 11) is -2.34. The van der Waals surface area contributed by atoms with Crippen molar-refractivity contribution in [3.8, 4) is 22.6 Å². The summed E-state index contributed by atoms with van der Waals surface area (Å²) in [6, 6.07) is 68.0. The summed E-state index contributed by atoms with van der Waals surface area (Å²) in [5, 5.41) is 9.17. The maximum absolute atomic E-state index is 7.27. The smallest absolute Gasteiger partial charge is 0.150 e. The fourth-order valence-corrected chi connectivity index (χ4v) is 9.62. The lowest BCUT2D eigenvalue weighted by Gasteiger charge is -2.25. The Morgan fingerprint density at radius 3 is 0.896 bits per heavy atom. The molecule has 0 aromatic heterocycles. The molecule has 0 spiro atoms. The molecule has 8 rings (SSSR count). The molecule has 0 heterocycles. The summed E-state index contributed by atoms with van der Waals surface area (Å²) < 4.78 is 14.5. The van der Waals surface area contributed by atoms with Crippen LogP contribution < -0.4 is 30.3 Å². The Morgan fingerprint density at radius 2 is 0.562 bits per heavy atom. The number of fused-ring (bicyclic) bond motifs is 2. The second-order valence-electron chi connectivity index (χ2n) is 11.4. The van der Waals surface area contributed by atoms with Crippen molar-refractivity contribution in [2.75, 3.05) is 0 Å². The molecule has 0 amide bonds. The minimum absolute atomic E-state index is 0.831. The first-order chi connectivity index (χ1) is 23.8. The largest absolute Gasteiger partial charge is 0.464 e. The summed E-state index contributed by atoms with van der Waals surface area (Å²) in [6.07, 6.45) is 0. The van der Waals surface area contributed by atoms with Gasteiger partial charge in [-0.25, -0.2) is 0 Å². The lowest BCUT2D eigenvalue weighted by Crippen LogP contribution is -2.16. The quantitative estimate of drug-likeness (QED) is 0.144. The van der Waals surface area contributed by atoms with Crippen LogP contribution in [0.25, 0.3) is 32.7 Å². The Hall–Kier alpha value is -5.26. The van der Waals surface area contributed by atoms with Crippen LogP contribution in [-0.4, -0.2) is 0 Å². The van der Waals surface area contributed by atoms with Crippen LogP contribution in [0.3, 0.4) is 0 Å². The molecular weight excluding hydrogens is 622 g/mol. The lowest BCUT2D eigenvalue weighted by atomic mass is 9.92. The Balaban J connectivity index is 1.37. The predicted molar refractivity (Wildman–Crippen MR) is 206 cm³/mol. The molecule has 0 unspecified atom stereocenters. The molecule has 0 saturated carbocycles. The standard InChI is InChI=1S/C44H32O2P2/c1-5-19-35(20-6-1)47(36-21-7-2-8-22-36)45-41-31-29-33-17-13-15-27-39(33)43(41)44-40-28-16-14-18-34(40)30-32-42(44)46-48(37-23-9-3-10-24-37)38-25-11-4-12-26-38/h1-32H. The van der Waals surface area contributed by atoms with Crippen LogP contribution in [0.5, 0.6) is 11.5 Å². The molecule has 0 aliphatic rings. The Morgan fingerprint density at radius 1 is 0.271 bits per heavy atom. The van der Waals surface area contributed by atoms with Gasteiger partial charge in [0.25, 0.3) is 0 Å². The normalized spacial score (nSPS) is 11.3. The van der Waals surface area contributed by atoms with Gasteiger partial charge in [-0.15, -0.1) is 0 Å². The highest BCUT2D eigenvalue weighted by atomic mass is 31.1. The van der Waals surface area contributed by atoms with Gasteiger partial charge in [0, 0.05) is 32.3 Å². The van der Waals surface area contributed by atoms with Gasteiger partial charge in [-0.2, -0.15) is 0 Å². The van der Waals surface area contributed by atoms with Gasteiger partial charge in [-0.05, 0) is 33.7 Å². The number of rotatable bonds is 9. The third kappa shape index (κ3) is 6.10. The van der Waals surface area contributed by atoms with Crippen molar-refractivity contribution in [2.24, 2.45) is 0 Å². The highest BCUT2D eigenvalue weighted by Gasteiger charge is 2.25. The molecule has 0 fully saturated rings. The SMILES string of the molecule is c1ccc(P(Oc2ccc3ccccc3c2-c2c(OP(c3ccccc3)c3ccccc3)ccc3ccccc23)c2ccccc2)cc1. The second kappa shape index (κ2) is 13.8. The van der Waals surface area contributed by atoms with Crippen LogP contribution in [0, 0.1) is 0 Å². The Kier molecular flexibility index (Phi) is 8.68. The first kappa shape index (κ1) is 30.1. The third-order valence-electron chi connectivity index (χ3n) is 8.37. The van der Waals surface area contributed by atoms with Crippen LogP contribution in [0.1, 0.15) is 0 Å². The van der Waals surface area contributed by atoms with E-state index >= 15 is 0 Å². The molecule has 8 aromatic carbocycles. The van der Waals surface area contributed by atoms with Crippen molar-refractivity contribution >= 4 is 59.1 Å². The van der Waals surface area contributed by atoms with E-state index in [1.807, 2.05) is 0 Å². The minimum Gasteiger partial charge on any atom is -0.464 e. The van der Waals surface area contributed by atoms with E-state index in [4.69, 9.17) is 9.05 Å². The van der Waals surface area contributed by atoms with E-state index in [9.17, 15) is 0 Å². The molecule has 8 aromatic rings. The fraction of sp³-hybridized carbons (Fsp3) is 0. The lowest BCUT2D eigenvalue weighted by molar-refractivity contribution is 0.624. The van der Waals surface area contributed by atoms with Crippen molar-refractivity contribution in [2.45, 2.75) is 0 Å². The molecule has 0 aliphatic heterocycles. The van der Waals surface area contributed by atoms with E-state index in [1.165, 1.54) is 0 Å². The van der Waals surface area contributed by atoms with E-state index in [0.717, 1.165) is 65.4 Å². The predicted octanol–water partition coefficient (Wildman–Crippen LogP) is 10.5. The maximum Gasteiger partial charge on any atom is 0.150 e. The molecular formula is C44H32O2P2. The first-order valence-corrected chi connectivity index (χ1v) is 18.6. The molecule has 0 saturated heterocycles. The third-order valence-corrected chi connectivity index (χ3v) is 12.2. The van der Waals surface area contributed by atoms with Gasteiger partial charge in [0.2, 0.25) is 0 Å². The van der Waals surface area contributed by atoms with Crippen LogP contribution in [-0.2, 0) is 0 Å². The van der Waals surface area contributed by atoms with Gasteiger partial charge in [-0.3, -0.25) is 0 Å². The van der Waals surface area contributed by atoms with Gasteiger partial charge in [-0.1, -0.05) is 182 Å². The van der Waals surface area contributed by atoms with Crippen molar-refractivity contribution in [3.63, 3.8) is 0 Å². The van der Waals surface area contributed by atoms with Gasteiger partial charge in [0.05, 0.1) is 0 Å². The van der Waals surface area contributed by atoms with Crippen LogP contribution >= 0.6 is 16.3 Å². The molecule has 0 radical (unpaired) electrons. The van der Waals surface area contributed by atoms with Crippen LogP contribution in [0.15, 0.2) is 194 Å². The van der Waals surface area contributed by atoms with E-state index in [0.29, 0.717) is 0 Å². The highest BCUT2D eigenvalue weighted by Crippen LogP contribution is 2.51. The second-order valence-corrected chi connectivity index (χ2v) is 15.0. The zero-order valence-electron chi connectivity index (χ0n) is 26.2. The fourth-order valence-electron chi connectivity index (χ4n) is 6.13. The van der Waals surface area contributed by atoms with Gasteiger partial charge in [0.1, 0.15) is 11.5 Å². The highest BCUT2D eigenvalue weighted by molar-refractivity contribution is 7.69. The Bertz CT molecular complexity index is 2050. The van der Waals surface area contributed by atoms with E-state index in [2.05, 4.69) is 194 Å². The zero-order chi connectivity index (χ0) is 32.1. The average Bonchev–Trinajstić information content (AvgIpc) is 3.17. The summed E-state index contributed by atoms with van der Waals surface area (Å²) in [6.45, 7) is 0. The molecule has 0 bridgehead atoms. The molecule has 230 valence electrons. The average molecular weight is 655 g/mol. The van der Waals surface area contributed by atoms with Crippen molar-refractivity contribution in [3.05, 3.63) is 194 Å². The summed E-state index contributed by atoms with van der Waals surface area (Å²) in [5.74, 6) is 1.66. The zero-order valence-corrected chi connectivity index (χ0v) is 28.0. The van der Waals surface area contributed by atoms with Gasteiger partial charge in [0.15, 0.2) is 16.3 Å². The summed E-state index contributed by atoms with van der Waals surface area (Å²) >= 11 is 0. The van der Waals surface area contributed by atoms with Crippen LogP contribution in [0.4, 0.5) is 0 Å². The summed E-state index contributed by atoms with van der Waals surface area (Å²) in [5.41, 5.74) is 2.07. The van der Waals surface area contributed by atoms with E-state index in [-0.39, 0.29) is 0 Å². The van der Waals surface area contributed by atoms with Gasteiger partial charge >= 0.3 is 0 Å². The molecule has 48 heavy (non-hydrogen) atoms. The van der Waals surface area contributed by atoms with Crippen molar-refractivity contribution in [1.29, 1.82) is 0 Å². The topological polar surface area (TPSA) is 18.5 Å². The monoisotopic (exact) mass is 654 g/mol. The van der Waals surface area contributed by atoms with E-state index in [1.54, 1.807) is 0 Å². The Labute approximate surface area is 283 Å². The first-order valence-electron chi connectivity index (χ1n) is 16.0. The maximum atomic E-state index is 7.27. The van der Waals surface area contributed by atoms with Crippen LogP contribution in [0.2, 0.25) is 0 Å². The molecule has 0 N–H and O–H groups in total. The van der Waals surface area contributed by atoms with Gasteiger partial charge < -0.3 is 9.05 Å². The molecule has 0 atom stereocenters. The molecule has 2 nitrogen and oxygen atoms in total. The van der Waals surface area contributed by atoms with Crippen molar-refractivity contribution < 1.29 is 9.05 Å².